The van der Waals surface area contributed by atoms with E-state index >= 15 is 0 Å². The van der Waals surface area contributed by atoms with E-state index in [2.05, 4.69) is 35.2 Å². The monoisotopic (exact) mass is 281 g/mol. The third-order valence-electron chi connectivity index (χ3n) is 4.09. The summed E-state index contributed by atoms with van der Waals surface area (Å²) in [6.07, 6.45) is 1.38. The van der Waals surface area contributed by atoms with E-state index in [1.54, 1.807) is 0 Å². The Labute approximate surface area is 125 Å². The molecule has 21 heavy (non-hydrogen) atoms. The molecule has 0 saturated heterocycles. The molecule has 0 radical (unpaired) electrons. The van der Waals surface area contributed by atoms with Crippen molar-refractivity contribution in [2.75, 3.05) is 18.6 Å². The number of benzene rings is 2. The summed E-state index contributed by atoms with van der Waals surface area (Å²) in [6, 6.07) is 18.7. The van der Waals surface area contributed by atoms with Gasteiger partial charge in [-0.3, -0.25) is 4.79 Å². The number of anilines is 1. The van der Waals surface area contributed by atoms with Crippen molar-refractivity contribution in [3.05, 3.63) is 65.7 Å². The number of esters is 1. The van der Waals surface area contributed by atoms with E-state index in [9.17, 15) is 4.79 Å². The first-order chi connectivity index (χ1) is 10.3. The van der Waals surface area contributed by atoms with Gasteiger partial charge in [0.05, 0.1) is 19.6 Å². The van der Waals surface area contributed by atoms with Crippen LogP contribution in [0.5, 0.6) is 0 Å². The number of rotatable bonds is 3. The zero-order valence-corrected chi connectivity index (χ0v) is 12.2. The Kier molecular flexibility index (Phi) is 3.91. The number of carbonyl (C=O) groups is 1. The molecule has 3 heteroatoms. The minimum Gasteiger partial charge on any atom is -0.469 e. The van der Waals surface area contributed by atoms with Crippen molar-refractivity contribution in [3.8, 4) is 0 Å². The predicted octanol–water partition coefficient (Wildman–Crippen LogP) is 3.35. The van der Waals surface area contributed by atoms with Crippen LogP contribution in [0, 0.1) is 0 Å². The standard InChI is InChI=1S/C18H19NO2/c1-21-18(20)13-17-16-10-6-5-7-14(16)11-12-19(17)15-8-3-2-4-9-15/h2-10,17H,11-13H2,1H3. The lowest BCUT2D eigenvalue weighted by Gasteiger charge is -2.38. The minimum absolute atomic E-state index is 0.0461. The van der Waals surface area contributed by atoms with Gasteiger partial charge < -0.3 is 9.64 Å². The molecule has 2 aromatic carbocycles. The van der Waals surface area contributed by atoms with Crippen molar-refractivity contribution in [2.45, 2.75) is 18.9 Å². The number of para-hydroxylation sites is 1. The quantitative estimate of drug-likeness (QED) is 0.808. The van der Waals surface area contributed by atoms with Crippen LogP contribution < -0.4 is 4.90 Å². The lowest BCUT2D eigenvalue weighted by molar-refractivity contribution is -0.141. The molecule has 0 fully saturated rings. The van der Waals surface area contributed by atoms with Gasteiger partial charge in [0.15, 0.2) is 0 Å². The topological polar surface area (TPSA) is 29.5 Å². The Morgan fingerprint density at radius 2 is 1.86 bits per heavy atom. The zero-order chi connectivity index (χ0) is 14.7. The SMILES string of the molecule is COC(=O)CC1c2ccccc2CCN1c1ccccc1. The van der Waals surface area contributed by atoms with Gasteiger partial charge in [-0.25, -0.2) is 0 Å². The zero-order valence-electron chi connectivity index (χ0n) is 12.2. The van der Waals surface area contributed by atoms with Crippen molar-refractivity contribution >= 4 is 11.7 Å². The first-order valence-corrected chi connectivity index (χ1v) is 7.26. The summed E-state index contributed by atoms with van der Waals surface area (Å²) in [5.74, 6) is -0.169. The number of ether oxygens (including phenoxy) is 1. The maximum absolute atomic E-state index is 11.8. The van der Waals surface area contributed by atoms with Crippen LogP contribution in [0.1, 0.15) is 23.6 Å². The second-order valence-electron chi connectivity index (χ2n) is 5.27. The van der Waals surface area contributed by atoms with E-state index in [1.165, 1.54) is 18.2 Å². The molecule has 108 valence electrons. The summed E-state index contributed by atoms with van der Waals surface area (Å²) < 4.78 is 4.89. The Morgan fingerprint density at radius 3 is 2.62 bits per heavy atom. The van der Waals surface area contributed by atoms with Crippen LogP contribution in [0.15, 0.2) is 54.6 Å². The lowest BCUT2D eigenvalue weighted by Crippen LogP contribution is -2.36. The minimum atomic E-state index is -0.169. The molecule has 0 aliphatic carbocycles. The molecule has 0 spiro atoms. The van der Waals surface area contributed by atoms with Crippen LogP contribution in [0.25, 0.3) is 0 Å². The first kappa shape index (κ1) is 13.7. The van der Waals surface area contributed by atoms with E-state index in [1.807, 2.05) is 24.3 Å². The predicted molar refractivity (Wildman–Crippen MR) is 83.3 cm³/mol. The third-order valence-corrected chi connectivity index (χ3v) is 4.09. The van der Waals surface area contributed by atoms with Crippen LogP contribution in [0.2, 0.25) is 0 Å². The summed E-state index contributed by atoms with van der Waals surface area (Å²) in [4.78, 5) is 14.1. The van der Waals surface area contributed by atoms with Crippen molar-refractivity contribution in [1.29, 1.82) is 0 Å². The number of methoxy groups -OCH3 is 1. The normalized spacial score (nSPS) is 17.2. The number of nitrogens with zero attached hydrogens (tertiary/aromatic N) is 1. The fourth-order valence-corrected chi connectivity index (χ4v) is 3.04. The highest BCUT2D eigenvalue weighted by atomic mass is 16.5. The molecule has 0 saturated carbocycles. The van der Waals surface area contributed by atoms with E-state index in [4.69, 9.17) is 4.74 Å². The Hall–Kier alpha value is -2.29. The Balaban J connectivity index is 1.98. The fraction of sp³-hybridized carbons (Fsp3) is 0.278. The van der Waals surface area contributed by atoms with Crippen LogP contribution in [-0.2, 0) is 16.0 Å². The van der Waals surface area contributed by atoms with Gasteiger partial charge in [-0.1, -0.05) is 42.5 Å². The Morgan fingerprint density at radius 1 is 1.14 bits per heavy atom. The summed E-state index contributed by atoms with van der Waals surface area (Å²) in [5, 5.41) is 0. The van der Waals surface area contributed by atoms with Gasteiger partial charge in [0.2, 0.25) is 0 Å². The highest BCUT2D eigenvalue weighted by molar-refractivity contribution is 5.72. The van der Waals surface area contributed by atoms with E-state index < -0.39 is 0 Å². The molecule has 1 atom stereocenters. The van der Waals surface area contributed by atoms with Crippen molar-refractivity contribution < 1.29 is 9.53 Å². The van der Waals surface area contributed by atoms with Gasteiger partial charge in [-0.2, -0.15) is 0 Å². The molecule has 0 aromatic heterocycles. The van der Waals surface area contributed by atoms with Crippen LogP contribution >= 0.6 is 0 Å². The number of hydrogen-bond acceptors (Lipinski definition) is 3. The van der Waals surface area contributed by atoms with Crippen LogP contribution in [0.4, 0.5) is 5.69 Å². The number of hydrogen-bond donors (Lipinski definition) is 0. The summed E-state index contributed by atoms with van der Waals surface area (Å²) in [5.41, 5.74) is 3.72. The molecule has 3 rings (SSSR count). The van der Waals surface area contributed by atoms with Crippen LogP contribution in [0.3, 0.4) is 0 Å². The van der Waals surface area contributed by atoms with Crippen molar-refractivity contribution in [2.24, 2.45) is 0 Å². The van der Waals surface area contributed by atoms with E-state index in [-0.39, 0.29) is 12.0 Å². The first-order valence-electron chi connectivity index (χ1n) is 7.26. The molecule has 1 aliphatic heterocycles. The maximum atomic E-state index is 11.8. The fourth-order valence-electron chi connectivity index (χ4n) is 3.04. The van der Waals surface area contributed by atoms with Gasteiger partial charge in [0.25, 0.3) is 0 Å². The number of fused-ring (bicyclic) bond motifs is 1. The van der Waals surface area contributed by atoms with E-state index in [0.717, 1.165) is 18.7 Å². The third kappa shape index (κ3) is 2.77. The largest absolute Gasteiger partial charge is 0.469 e. The molecule has 0 N–H and O–H groups in total. The summed E-state index contributed by atoms with van der Waals surface area (Å²) >= 11 is 0. The van der Waals surface area contributed by atoms with Gasteiger partial charge in [-0.15, -0.1) is 0 Å². The molecule has 1 unspecified atom stereocenters. The smallest absolute Gasteiger partial charge is 0.307 e. The summed E-state index contributed by atoms with van der Waals surface area (Å²) in [7, 11) is 1.45. The molecule has 1 aliphatic rings. The number of carbonyl (C=O) groups excluding carboxylic acids is 1. The van der Waals surface area contributed by atoms with E-state index in [0.29, 0.717) is 6.42 Å². The molecule has 3 nitrogen and oxygen atoms in total. The molecular weight excluding hydrogens is 262 g/mol. The average Bonchev–Trinajstić information content (AvgIpc) is 2.56. The highest BCUT2D eigenvalue weighted by Crippen LogP contribution is 2.35. The van der Waals surface area contributed by atoms with Gasteiger partial charge in [-0.05, 0) is 29.7 Å². The Bertz CT molecular complexity index is 624. The molecule has 2 aromatic rings. The molecule has 1 heterocycles. The van der Waals surface area contributed by atoms with Gasteiger partial charge in [0, 0.05) is 12.2 Å². The second-order valence-corrected chi connectivity index (χ2v) is 5.27. The van der Waals surface area contributed by atoms with Gasteiger partial charge >= 0.3 is 5.97 Å². The average molecular weight is 281 g/mol. The van der Waals surface area contributed by atoms with Crippen LogP contribution in [-0.4, -0.2) is 19.6 Å². The van der Waals surface area contributed by atoms with Crippen molar-refractivity contribution in [3.63, 3.8) is 0 Å². The second kappa shape index (κ2) is 6.00. The highest BCUT2D eigenvalue weighted by Gasteiger charge is 2.29. The van der Waals surface area contributed by atoms with Crippen molar-refractivity contribution in [1.82, 2.24) is 0 Å². The summed E-state index contributed by atoms with van der Waals surface area (Å²) in [6.45, 7) is 0.919. The molecule has 0 bridgehead atoms. The maximum Gasteiger partial charge on any atom is 0.307 e. The lowest BCUT2D eigenvalue weighted by atomic mass is 9.90. The van der Waals surface area contributed by atoms with Gasteiger partial charge in [0.1, 0.15) is 0 Å². The molecule has 0 amide bonds. The molecular formula is C18H19NO2.